The van der Waals surface area contributed by atoms with Crippen molar-refractivity contribution in [2.75, 3.05) is 47.1 Å². The van der Waals surface area contributed by atoms with E-state index in [1.807, 2.05) is 7.05 Å². The molecule has 3 N–H and O–H groups in total. The molecule has 0 aliphatic heterocycles. The van der Waals surface area contributed by atoms with Crippen LogP contribution in [0, 0.1) is 0 Å². The highest BCUT2D eigenvalue weighted by molar-refractivity contribution is 5.79. The van der Waals surface area contributed by atoms with E-state index in [0.29, 0.717) is 13.0 Å². The minimum atomic E-state index is 0.257. The molecular formula is C10H23N3O3. The van der Waals surface area contributed by atoms with Gasteiger partial charge in [0.1, 0.15) is 5.84 Å². The summed E-state index contributed by atoms with van der Waals surface area (Å²) < 4.78 is 10.3. The standard InChI is InChI=1S/C10H23N3O3/c1-13(5-4-10(11)12-14)6-9-16-8-3-7-15-2/h14H,3-9H2,1-2H3,(H2,11,12). The van der Waals surface area contributed by atoms with Crippen LogP contribution in [0.25, 0.3) is 0 Å². The van der Waals surface area contributed by atoms with Crippen LogP contribution >= 0.6 is 0 Å². The Hall–Kier alpha value is -0.850. The summed E-state index contributed by atoms with van der Waals surface area (Å²) in [7, 11) is 3.66. The van der Waals surface area contributed by atoms with E-state index < -0.39 is 0 Å². The minimum Gasteiger partial charge on any atom is -0.409 e. The lowest BCUT2D eigenvalue weighted by Gasteiger charge is -2.15. The maximum Gasteiger partial charge on any atom is 0.140 e. The molecule has 0 amide bonds. The van der Waals surface area contributed by atoms with Gasteiger partial charge in [-0.25, -0.2) is 0 Å². The summed E-state index contributed by atoms with van der Waals surface area (Å²) in [5.41, 5.74) is 5.36. The SMILES string of the molecule is COCCCOCCN(C)CCC(N)=NO. The molecule has 0 saturated heterocycles. The topological polar surface area (TPSA) is 80.3 Å². The average molecular weight is 233 g/mol. The van der Waals surface area contributed by atoms with Gasteiger partial charge in [0.25, 0.3) is 0 Å². The molecule has 0 aromatic rings. The maximum absolute atomic E-state index is 8.35. The fourth-order valence-electron chi connectivity index (χ4n) is 1.09. The second-order valence-electron chi connectivity index (χ2n) is 3.60. The Labute approximate surface area is 97.0 Å². The van der Waals surface area contributed by atoms with Crippen molar-refractivity contribution in [1.29, 1.82) is 0 Å². The molecule has 0 saturated carbocycles. The largest absolute Gasteiger partial charge is 0.409 e. The highest BCUT2D eigenvalue weighted by Crippen LogP contribution is 1.89. The average Bonchev–Trinajstić information content (AvgIpc) is 2.30. The number of methoxy groups -OCH3 is 1. The Kier molecular flexibility index (Phi) is 10.1. The van der Waals surface area contributed by atoms with Crippen molar-refractivity contribution < 1.29 is 14.7 Å². The highest BCUT2D eigenvalue weighted by atomic mass is 16.5. The van der Waals surface area contributed by atoms with Gasteiger partial charge in [0, 0.05) is 39.8 Å². The predicted octanol–water partition coefficient (Wildman–Crippen LogP) is 0.108. The van der Waals surface area contributed by atoms with Crippen LogP contribution in [0.15, 0.2) is 5.16 Å². The lowest BCUT2D eigenvalue weighted by molar-refractivity contribution is 0.0892. The molecule has 0 fully saturated rings. The Balaban J connectivity index is 3.27. The zero-order valence-electron chi connectivity index (χ0n) is 10.2. The van der Waals surface area contributed by atoms with Gasteiger partial charge in [-0.3, -0.25) is 0 Å². The zero-order valence-corrected chi connectivity index (χ0v) is 10.2. The van der Waals surface area contributed by atoms with E-state index in [1.165, 1.54) is 0 Å². The molecule has 0 rings (SSSR count). The normalized spacial score (nSPS) is 12.3. The number of ether oxygens (including phenoxy) is 2. The van der Waals surface area contributed by atoms with Crippen LogP contribution in [-0.4, -0.2) is 63.0 Å². The summed E-state index contributed by atoms with van der Waals surface area (Å²) in [6, 6.07) is 0. The van der Waals surface area contributed by atoms with Crippen LogP contribution in [0.5, 0.6) is 0 Å². The van der Waals surface area contributed by atoms with E-state index in [0.717, 1.165) is 32.7 Å². The zero-order chi connectivity index (χ0) is 12.2. The third-order valence-electron chi connectivity index (χ3n) is 2.13. The molecule has 0 atom stereocenters. The molecule has 0 aliphatic rings. The van der Waals surface area contributed by atoms with Crippen molar-refractivity contribution in [3.63, 3.8) is 0 Å². The van der Waals surface area contributed by atoms with Gasteiger partial charge in [-0.15, -0.1) is 0 Å². The Morgan fingerprint density at radius 3 is 2.69 bits per heavy atom. The first-order chi connectivity index (χ1) is 7.70. The van der Waals surface area contributed by atoms with Gasteiger partial charge >= 0.3 is 0 Å². The molecule has 0 aromatic carbocycles. The number of amidine groups is 1. The summed E-state index contributed by atoms with van der Waals surface area (Å²) in [6.45, 7) is 3.75. The van der Waals surface area contributed by atoms with Crippen LogP contribution in [0.4, 0.5) is 0 Å². The molecule has 96 valence electrons. The molecule has 0 heterocycles. The smallest absolute Gasteiger partial charge is 0.140 e. The molecule has 0 aliphatic carbocycles. The molecule has 6 nitrogen and oxygen atoms in total. The summed E-state index contributed by atoms with van der Waals surface area (Å²) in [5, 5.41) is 11.3. The van der Waals surface area contributed by atoms with Gasteiger partial charge in [0.2, 0.25) is 0 Å². The molecular weight excluding hydrogens is 210 g/mol. The van der Waals surface area contributed by atoms with E-state index in [9.17, 15) is 0 Å². The molecule has 0 spiro atoms. The van der Waals surface area contributed by atoms with Crippen molar-refractivity contribution in [1.82, 2.24) is 4.90 Å². The third-order valence-corrected chi connectivity index (χ3v) is 2.13. The van der Waals surface area contributed by atoms with Gasteiger partial charge in [-0.05, 0) is 13.5 Å². The van der Waals surface area contributed by atoms with Crippen molar-refractivity contribution >= 4 is 5.84 Å². The lowest BCUT2D eigenvalue weighted by atomic mass is 10.3. The number of nitrogens with two attached hydrogens (primary N) is 1. The van der Waals surface area contributed by atoms with E-state index in [2.05, 4.69) is 10.1 Å². The number of nitrogens with zero attached hydrogens (tertiary/aromatic N) is 2. The van der Waals surface area contributed by atoms with E-state index in [1.54, 1.807) is 7.11 Å². The number of likely N-dealkylation sites (N-methyl/N-ethyl adjacent to an activating group) is 1. The van der Waals surface area contributed by atoms with Crippen molar-refractivity contribution in [3.8, 4) is 0 Å². The molecule has 0 aromatic heterocycles. The van der Waals surface area contributed by atoms with Crippen LogP contribution in [0.2, 0.25) is 0 Å². The highest BCUT2D eigenvalue weighted by Gasteiger charge is 2.00. The van der Waals surface area contributed by atoms with Crippen molar-refractivity contribution in [2.45, 2.75) is 12.8 Å². The fourth-order valence-corrected chi connectivity index (χ4v) is 1.09. The van der Waals surface area contributed by atoms with Crippen LogP contribution in [0.1, 0.15) is 12.8 Å². The third kappa shape index (κ3) is 9.70. The van der Waals surface area contributed by atoms with Gasteiger partial charge in [0.05, 0.1) is 6.61 Å². The fraction of sp³-hybridized carbons (Fsp3) is 0.900. The first kappa shape index (κ1) is 15.2. The summed E-state index contributed by atoms with van der Waals surface area (Å²) in [6.07, 6.45) is 1.49. The van der Waals surface area contributed by atoms with Gasteiger partial charge in [0.15, 0.2) is 0 Å². The molecule has 0 bridgehead atoms. The quantitative estimate of drug-likeness (QED) is 0.184. The van der Waals surface area contributed by atoms with Gasteiger partial charge < -0.3 is 25.3 Å². The van der Waals surface area contributed by atoms with Crippen LogP contribution < -0.4 is 5.73 Å². The van der Waals surface area contributed by atoms with E-state index in [4.69, 9.17) is 20.4 Å². The van der Waals surface area contributed by atoms with Crippen LogP contribution in [0.3, 0.4) is 0 Å². The Morgan fingerprint density at radius 2 is 2.06 bits per heavy atom. The van der Waals surface area contributed by atoms with E-state index >= 15 is 0 Å². The summed E-state index contributed by atoms with van der Waals surface area (Å²) in [4.78, 5) is 2.08. The monoisotopic (exact) mass is 233 g/mol. The molecule has 0 unspecified atom stereocenters. The molecule has 6 heteroatoms. The number of hydrogen-bond donors (Lipinski definition) is 2. The van der Waals surface area contributed by atoms with Gasteiger partial charge in [-0.2, -0.15) is 0 Å². The lowest BCUT2D eigenvalue weighted by Crippen LogP contribution is -2.28. The Bertz CT molecular complexity index is 188. The van der Waals surface area contributed by atoms with Gasteiger partial charge in [-0.1, -0.05) is 5.16 Å². The molecule has 16 heavy (non-hydrogen) atoms. The first-order valence-corrected chi connectivity index (χ1v) is 5.42. The second-order valence-corrected chi connectivity index (χ2v) is 3.60. The van der Waals surface area contributed by atoms with Crippen LogP contribution in [-0.2, 0) is 9.47 Å². The van der Waals surface area contributed by atoms with Crippen molar-refractivity contribution in [3.05, 3.63) is 0 Å². The molecule has 0 radical (unpaired) electrons. The first-order valence-electron chi connectivity index (χ1n) is 5.42. The number of hydrogen-bond acceptors (Lipinski definition) is 5. The number of rotatable bonds is 10. The van der Waals surface area contributed by atoms with E-state index in [-0.39, 0.29) is 5.84 Å². The predicted molar refractivity (Wildman–Crippen MR) is 62.8 cm³/mol. The second kappa shape index (κ2) is 10.7. The Morgan fingerprint density at radius 1 is 1.31 bits per heavy atom. The maximum atomic E-state index is 8.35. The minimum absolute atomic E-state index is 0.257. The van der Waals surface area contributed by atoms with Crippen molar-refractivity contribution in [2.24, 2.45) is 10.9 Å². The summed E-state index contributed by atoms with van der Waals surface area (Å²) >= 11 is 0. The summed E-state index contributed by atoms with van der Waals surface area (Å²) in [5.74, 6) is 0.257. The number of oxime groups is 1.